The van der Waals surface area contributed by atoms with E-state index in [0.29, 0.717) is 66.5 Å². The highest BCUT2D eigenvalue weighted by atomic mass is 35.5. The van der Waals surface area contributed by atoms with Crippen LogP contribution in [0.1, 0.15) is 22.0 Å². The van der Waals surface area contributed by atoms with Crippen LogP contribution in [-0.2, 0) is 14.3 Å². The number of amides is 3. The summed E-state index contributed by atoms with van der Waals surface area (Å²) in [5.74, 6) is -1.44. The van der Waals surface area contributed by atoms with Gasteiger partial charge in [-0.3, -0.25) is 24.2 Å². The van der Waals surface area contributed by atoms with E-state index in [1.807, 2.05) is 0 Å². The van der Waals surface area contributed by atoms with Crippen molar-refractivity contribution in [2.45, 2.75) is 6.04 Å². The number of carbonyl (C=O) groups excluding carboxylic acids is 3. The standard InChI is InChI=1S/C30H29Cl2FN4O5/c1-35(28(38)16-37-25-13-22(31)23(32)14-27(25)42-17-29(37)39)26(15-36-8-10-41-11-9-36)20-6-7-21(24(33)12-20)18-2-4-19(5-3-18)30(34)40/h2-7,12-14,26H,8-11,15-17H2,1H3,(H2,34,40). The second-order valence-electron chi connectivity index (χ2n) is 10.1. The van der Waals surface area contributed by atoms with Crippen molar-refractivity contribution in [3.8, 4) is 16.9 Å². The lowest BCUT2D eigenvalue weighted by Gasteiger charge is -2.37. The van der Waals surface area contributed by atoms with E-state index in [4.69, 9.17) is 38.4 Å². The first-order chi connectivity index (χ1) is 20.1. The van der Waals surface area contributed by atoms with Gasteiger partial charge in [0.15, 0.2) is 6.61 Å². The van der Waals surface area contributed by atoms with Crippen LogP contribution in [-0.4, -0.2) is 80.6 Å². The third kappa shape index (κ3) is 6.37. The van der Waals surface area contributed by atoms with Gasteiger partial charge < -0.3 is 20.1 Å². The third-order valence-corrected chi connectivity index (χ3v) is 8.21. The molecule has 2 aliphatic rings. The van der Waals surface area contributed by atoms with Gasteiger partial charge in [-0.15, -0.1) is 0 Å². The average Bonchev–Trinajstić information content (AvgIpc) is 2.98. The number of hydrogen-bond donors (Lipinski definition) is 1. The summed E-state index contributed by atoms with van der Waals surface area (Å²) in [7, 11) is 1.64. The Hall–Kier alpha value is -3.70. The molecule has 3 amide bonds. The van der Waals surface area contributed by atoms with Gasteiger partial charge in [0.2, 0.25) is 11.8 Å². The van der Waals surface area contributed by atoms with Gasteiger partial charge in [-0.25, -0.2) is 4.39 Å². The molecule has 0 aliphatic carbocycles. The Bertz CT molecular complexity index is 1510. The molecule has 0 saturated carbocycles. The maximum absolute atomic E-state index is 15.5. The molecule has 0 spiro atoms. The van der Waals surface area contributed by atoms with Gasteiger partial charge in [0.1, 0.15) is 18.1 Å². The summed E-state index contributed by atoms with van der Waals surface area (Å²) in [6.07, 6.45) is 0. The first kappa shape index (κ1) is 29.8. The molecular weight excluding hydrogens is 586 g/mol. The maximum Gasteiger partial charge on any atom is 0.265 e. The molecule has 1 unspecified atom stereocenters. The normalized spacial score (nSPS) is 16.0. The second kappa shape index (κ2) is 12.7. The molecule has 9 nitrogen and oxygen atoms in total. The van der Waals surface area contributed by atoms with Crippen LogP contribution in [0.25, 0.3) is 11.1 Å². The fraction of sp³-hybridized carbons (Fsp3) is 0.300. The molecule has 12 heteroatoms. The van der Waals surface area contributed by atoms with Crippen LogP contribution in [0.15, 0.2) is 54.6 Å². The molecule has 2 aliphatic heterocycles. The predicted octanol–water partition coefficient (Wildman–Crippen LogP) is 4.16. The number of halogens is 3. The highest BCUT2D eigenvalue weighted by molar-refractivity contribution is 6.42. The van der Waals surface area contributed by atoms with Crippen molar-refractivity contribution >= 4 is 46.6 Å². The number of benzene rings is 3. The Labute approximate surface area is 252 Å². The Kier molecular flexibility index (Phi) is 8.98. The number of ether oxygens (including phenoxy) is 2. The SMILES string of the molecule is CN(C(=O)CN1C(=O)COc2cc(Cl)c(Cl)cc21)C(CN1CCOCC1)c1ccc(-c2ccc(C(N)=O)cc2)c(F)c1. The molecule has 1 saturated heterocycles. The molecule has 3 aromatic rings. The second-order valence-corrected chi connectivity index (χ2v) is 10.9. The summed E-state index contributed by atoms with van der Waals surface area (Å²) in [4.78, 5) is 42.9. The molecule has 0 aromatic heterocycles. The Morgan fingerprint density at radius 3 is 2.40 bits per heavy atom. The lowest BCUT2D eigenvalue weighted by molar-refractivity contribution is -0.133. The summed E-state index contributed by atoms with van der Waals surface area (Å²) < 4.78 is 26.5. The molecule has 1 fully saturated rings. The number of fused-ring (bicyclic) bond motifs is 1. The van der Waals surface area contributed by atoms with Crippen molar-refractivity contribution in [3.05, 3.63) is 81.6 Å². The van der Waals surface area contributed by atoms with Crippen molar-refractivity contribution in [1.82, 2.24) is 9.80 Å². The molecular formula is C30H29Cl2FN4O5. The van der Waals surface area contributed by atoms with Crippen molar-refractivity contribution in [3.63, 3.8) is 0 Å². The highest BCUT2D eigenvalue weighted by Crippen LogP contribution is 2.39. The van der Waals surface area contributed by atoms with Gasteiger partial charge in [0.05, 0.1) is 35.0 Å². The van der Waals surface area contributed by atoms with Gasteiger partial charge in [-0.2, -0.15) is 0 Å². The van der Waals surface area contributed by atoms with Gasteiger partial charge in [0, 0.05) is 43.9 Å². The topological polar surface area (TPSA) is 105 Å². The number of likely N-dealkylation sites (N-methyl/N-ethyl adjacent to an activating group) is 1. The van der Waals surface area contributed by atoms with E-state index in [1.54, 1.807) is 43.4 Å². The fourth-order valence-electron chi connectivity index (χ4n) is 5.06. The highest BCUT2D eigenvalue weighted by Gasteiger charge is 2.32. The number of nitrogens with zero attached hydrogens (tertiary/aromatic N) is 3. The minimum Gasteiger partial charge on any atom is -0.482 e. The quantitative estimate of drug-likeness (QED) is 0.408. The zero-order valence-electron chi connectivity index (χ0n) is 22.8. The lowest BCUT2D eigenvalue weighted by Crippen LogP contribution is -2.48. The summed E-state index contributed by atoms with van der Waals surface area (Å²) in [5.41, 5.74) is 7.53. The number of carbonyl (C=O) groups is 3. The number of anilines is 1. The molecule has 5 rings (SSSR count). The fourth-order valence-corrected chi connectivity index (χ4v) is 5.37. The minimum atomic E-state index is -0.565. The monoisotopic (exact) mass is 614 g/mol. The molecule has 0 radical (unpaired) electrons. The zero-order chi connectivity index (χ0) is 30.0. The average molecular weight is 615 g/mol. The largest absolute Gasteiger partial charge is 0.482 e. The lowest BCUT2D eigenvalue weighted by atomic mass is 9.98. The van der Waals surface area contributed by atoms with Crippen LogP contribution in [0.4, 0.5) is 10.1 Å². The van der Waals surface area contributed by atoms with E-state index >= 15 is 4.39 Å². The van der Waals surface area contributed by atoms with Gasteiger partial charge in [-0.05, 0) is 35.4 Å². The molecule has 1 atom stereocenters. The number of morpholine rings is 1. The maximum atomic E-state index is 15.5. The smallest absolute Gasteiger partial charge is 0.265 e. The van der Waals surface area contributed by atoms with Crippen LogP contribution in [0.3, 0.4) is 0 Å². The van der Waals surface area contributed by atoms with Crippen LogP contribution in [0, 0.1) is 5.82 Å². The van der Waals surface area contributed by atoms with Crippen molar-refractivity contribution in [1.29, 1.82) is 0 Å². The number of nitrogens with two attached hydrogens (primary N) is 1. The zero-order valence-corrected chi connectivity index (χ0v) is 24.3. The Morgan fingerprint density at radius 1 is 1.05 bits per heavy atom. The number of rotatable bonds is 8. The van der Waals surface area contributed by atoms with Crippen molar-refractivity contribution < 1.29 is 28.2 Å². The molecule has 3 aromatic carbocycles. The molecule has 220 valence electrons. The first-order valence-corrected chi connectivity index (χ1v) is 14.1. The molecule has 42 heavy (non-hydrogen) atoms. The summed E-state index contributed by atoms with van der Waals surface area (Å²) >= 11 is 12.3. The van der Waals surface area contributed by atoms with Gasteiger partial charge in [0.25, 0.3) is 5.91 Å². The van der Waals surface area contributed by atoms with Crippen molar-refractivity contribution in [2.24, 2.45) is 5.73 Å². The molecule has 0 bridgehead atoms. The van der Waals surface area contributed by atoms with E-state index in [-0.39, 0.29) is 29.1 Å². The molecule has 2 heterocycles. The van der Waals surface area contributed by atoms with Gasteiger partial charge >= 0.3 is 0 Å². The Morgan fingerprint density at radius 2 is 1.74 bits per heavy atom. The molecule has 2 N–H and O–H groups in total. The first-order valence-electron chi connectivity index (χ1n) is 13.3. The van der Waals surface area contributed by atoms with Crippen LogP contribution < -0.4 is 15.4 Å². The minimum absolute atomic E-state index is 0.226. The predicted molar refractivity (Wildman–Crippen MR) is 157 cm³/mol. The summed E-state index contributed by atoms with van der Waals surface area (Å²) in [5, 5.41) is 0.498. The number of hydrogen-bond acceptors (Lipinski definition) is 6. The van der Waals surface area contributed by atoms with Crippen LogP contribution in [0.2, 0.25) is 10.0 Å². The van der Waals surface area contributed by atoms with E-state index in [1.165, 1.54) is 28.0 Å². The van der Waals surface area contributed by atoms with Gasteiger partial charge in [-0.1, -0.05) is 47.5 Å². The van der Waals surface area contributed by atoms with E-state index in [0.717, 1.165) is 0 Å². The Balaban J connectivity index is 1.42. The van der Waals surface area contributed by atoms with Crippen LogP contribution in [0.5, 0.6) is 5.75 Å². The van der Waals surface area contributed by atoms with E-state index in [2.05, 4.69) is 4.90 Å². The van der Waals surface area contributed by atoms with Crippen molar-refractivity contribution in [2.75, 3.05) is 57.9 Å². The summed E-state index contributed by atoms with van der Waals surface area (Å²) in [6.45, 7) is 2.37. The van der Waals surface area contributed by atoms with Crippen LogP contribution >= 0.6 is 23.2 Å². The third-order valence-electron chi connectivity index (χ3n) is 7.49. The van der Waals surface area contributed by atoms with E-state index < -0.39 is 23.7 Å². The number of primary amides is 1. The summed E-state index contributed by atoms with van der Waals surface area (Å²) in [6, 6.07) is 13.7. The van der Waals surface area contributed by atoms with E-state index in [9.17, 15) is 14.4 Å².